The molecule has 0 heterocycles. The van der Waals surface area contributed by atoms with Gasteiger partial charge in [-0.15, -0.1) is 0 Å². The lowest BCUT2D eigenvalue weighted by molar-refractivity contribution is -0.163. The minimum atomic E-state index is -0.451. The molecule has 9 atom stereocenters. The van der Waals surface area contributed by atoms with E-state index in [1.165, 1.54) is 0 Å². The molecule has 0 spiro atoms. The Morgan fingerprint density at radius 1 is 1.15 bits per heavy atom. The van der Waals surface area contributed by atoms with E-state index in [-0.39, 0.29) is 47.6 Å². The Bertz CT molecular complexity index is 748. The number of aliphatic hydroxyl groups is 2. The number of hydrogen-bond acceptors (Lipinski definition) is 5. The molecule has 6 nitrogen and oxygen atoms in total. The molecule has 3 aliphatic rings. The van der Waals surface area contributed by atoms with Crippen LogP contribution in [0.3, 0.4) is 0 Å². The summed E-state index contributed by atoms with van der Waals surface area (Å²) in [5, 5.41) is 21.3. The molecule has 0 radical (unpaired) electrons. The van der Waals surface area contributed by atoms with Crippen molar-refractivity contribution in [2.24, 2.45) is 52.1 Å². The van der Waals surface area contributed by atoms with Crippen LogP contribution in [-0.2, 0) is 14.3 Å². The number of rotatable bonds is 8. The van der Waals surface area contributed by atoms with Crippen LogP contribution < -0.4 is 5.73 Å². The van der Waals surface area contributed by atoms with Gasteiger partial charge in [-0.1, -0.05) is 20.8 Å². The first-order valence-electron chi connectivity index (χ1n) is 13.5. The van der Waals surface area contributed by atoms with Gasteiger partial charge in [0.2, 0.25) is 5.91 Å². The van der Waals surface area contributed by atoms with Crippen LogP contribution in [0.2, 0.25) is 0 Å². The summed E-state index contributed by atoms with van der Waals surface area (Å²) in [6.07, 6.45) is 6.72. The lowest BCUT2D eigenvalue weighted by Crippen LogP contribution is -2.57. The zero-order valence-corrected chi connectivity index (χ0v) is 22.3. The Balaban J connectivity index is 1.76. The van der Waals surface area contributed by atoms with E-state index in [2.05, 4.69) is 20.8 Å². The summed E-state index contributed by atoms with van der Waals surface area (Å²) in [6.45, 7) is 12.7. The number of carbonyl (C=O) groups is 2. The van der Waals surface area contributed by atoms with E-state index in [0.29, 0.717) is 42.9 Å². The van der Waals surface area contributed by atoms with Crippen LogP contribution >= 0.6 is 0 Å². The number of fused-ring (bicyclic) bond motifs is 3. The molecule has 3 saturated carbocycles. The first-order chi connectivity index (χ1) is 15.7. The van der Waals surface area contributed by atoms with Crippen molar-refractivity contribution in [3.63, 3.8) is 0 Å². The highest BCUT2D eigenvalue weighted by molar-refractivity contribution is 5.74. The fourth-order valence-corrected chi connectivity index (χ4v) is 8.63. The van der Waals surface area contributed by atoms with Crippen molar-refractivity contribution in [1.29, 1.82) is 0 Å². The quantitative estimate of drug-likeness (QED) is 0.446. The lowest BCUT2D eigenvalue weighted by Gasteiger charge is -2.61. The third-order valence-electron chi connectivity index (χ3n) is 10.2. The van der Waals surface area contributed by atoms with E-state index in [0.717, 1.165) is 32.1 Å². The van der Waals surface area contributed by atoms with Crippen molar-refractivity contribution in [2.45, 2.75) is 111 Å². The average molecular weight is 480 g/mol. The molecule has 3 fully saturated rings. The number of amides is 1. The van der Waals surface area contributed by atoms with Gasteiger partial charge < -0.3 is 20.7 Å². The topological polar surface area (TPSA) is 110 Å². The van der Waals surface area contributed by atoms with Gasteiger partial charge in [0.15, 0.2) is 0 Å². The molecule has 3 aliphatic carbocycles. The Morgan fingerprint density at radius 3 is 2.41 bits per heavy atom. The lowest BCUT2D eigenvalue weighted by atomic mass is 9.45. The summed E-state index contributed by atoms with van der Waals surface area (Å²) >= 11 is 0. The molecule has 0 aromatic rings. The van der Waals surface area contributed by atoms with Crippen LogP contribution in [0.25, 0.3) is 0 Å². The molecule has 3 rings (SSSR count). The number of ether oxygens (including phenoxy) is 1. The van der Waals surface area contributed by atoms with Crippen LogP contribution in [0.1, 0.15) is 99.3 Å². The van der Waals surface area contributed by atoms with Gasteiger partial charge in [-0.05, 0) is 112 Å². The van der Waals surface area contributed by atoms with Gasteiger partial charge >= 0.3 is 5.97 Å². The van der Waals surface area contributed by atoms with E-state index in [1.54, 1.807) is 0 Å². The van der Waals surface area contributed by atoms with E-state index in [1.807, 2.05) is 20.8 Å². The molecule has 0 bridgehead atoms. The van der Waals surface area contributed by atoms with Crippen LogP contribution in [-0.4, -0.2) is 40.4 Å². The van der Waals surface area contributed by atoms with Crippen LogP contribution in [0.5, 0.6) is 0 Å². The number of aliphatic hydroxyl groups excluding tert-OH is 2. The second-order valence-electron chi connectivity index (χ2n) is 13.3. The van der Waals surface area contributed by atoms with Gasteiger partial charge in [0.25, 0.3) is 0 Å². The summed E-state index contributed by atoms with van der Waals surface area (Å²) in [5.41, 5.74) is 5.09. The first kappa shape index (κ1) is 27.4. The standard InChI is InChI=1S/C28H49NO5/c1-17(7-10-24(33)34-26(2,3)4)19-8-9-20-25-21(11-12-28(19,20)6)27(5,13-14-30)18(15-22(25)31)16-23(29)32/h17-22,25,30-31H,7-16H2,1-6H3,(H2,29,32)/t17-,18-,19-,20+,21+,22+,25+,27+,28-/m1/s1. The van der Waals surface area contributed by atoms with Crippen molar-refractivity contribution >= 4 is 11.9 Å². The van der Waals surface area contributed by atoms with E-state index < -0.39 is 11.7 Å². The SMILES string of the molecule is C[C@H](CCC(=O)OC(C)(C)C)[C@H]1CC[C@H]2[C@@H]3[C@@H](O)C[C@H](CC(N)=O)[C@](C)(CCO)[C@H]3CC[C@]12C. The normalized spacial score (nSPS) is 40.8. The molecule has 196 valence electrons. The van der Waals surface area contributed by atoms with E-state index in [9.17, 15) is 19.8 Å². The molecule has 0 aromatic carbocycles. The van der Waals surface area contributed by atoms with Crippen molar-refractivity contribution < 1.29 is 24.5 Å². The summed E-state index contributed by atoms with van der Waals surface area (Å²) in [4.78, 5) is 24.1. The maximum Gasteiger partial charge on any atom is 0.306 e. The summed E-state index contributed by atoms with van der Waals surface area (Å²) in [7, 11) is 0. The van der Waals surface area contributed by atoms with Crippen LogP contribution in [0.4, 0.5) is 0 Å². The van der Waals surface area contributed by atoms with Gasteiger partial charge in [-0.3, -0.25) is 9.59 Å². The Kier molecular flexibility index (Phi) is 8.14. The number of hydrogen-bond donors (Lipinski definition) is 3. The van der Waals surface area contributed by atoms with Crippen molar-refractivity contribution in [3.05, 3.63) is 0 Å². The fourth-order valence-electron chi connectivity index (χ4n) is 8.63. The Hall–Kier alpha value is -1.14. The maximum absolute atomic E-state index is 12.3. The zero-order chi connectivity index (χ0) is 25.5. The molecular weight excluding hydrogens is 430 g/mol. The van der Waals surface area contributed by atoms with E-state index >= 15 is 0 Å². The van der Waals surface area contributed by atoms with Gasteiger partial charge in [0, 0.05) is 19.4 Å². The second-order valence-corrected chi connectivity index (χ2v) is 13.3. The molecule has 0 aliphatic heterocycles. The predicted octanol–water partition coefficient (Wildman–Crippen LogP) is 4.45. The van der Waals surface area contributed by atoms with Crippen molar-refractivity contribution in [2.75, 3.05) is 6.61 Å². The summed E-state index contributed by atoms with van der Waals surface area (Å²) in [5.74, 6) is 1.45. The van der Waals surface area contributed by atoms with Crippen molar-refractivity contribution in [3.8, 4) is 0 Å². The Labute approximate surface area is 206 Å². The van der Waals surface area contributed by atoms with Gasteiger partial charge in [-0.25, -0.2) is 0 Å². The van der Waals surface area contributed by atoms with Gasteiger partial charge in [0.05, 0.1) is 6.10 Å². The monoisotopic (exact) mass is 479 g/mol. The Morgan fingerprint density at radius 2 is 1.82 bits per heavy atom. The average Bonchev–Trinajstić information content (AvgIpc) is 3.05. The fraction of sp³-hybridized carbons (Fsp3) is 0.929. The van der Waals surface area contributed by atoms with E-state index in [4.69, 9.17) is 10.5 Å². The number of carbonyl (C=O) groups excluding carboxylic acids is 2. The number of primary amides is 1. The first-order valence-corrected chi connectivity index (χ1v) is 13.5. The highest BCUT2D eigenvalue weighted by Gasteiger charge is 2.62. The second kappa shape index (κ2) is 10.1. The number of esters is 1. The summed E-state index contributed by atoms with van der Waals surface area (Å²) in [6, 6.07) is 0. The summed E-state index contributed by atoms with van der Waals surface area (Å²) < 4.78 is 5.53. The van der Waals surface area contributed by atoms with Crippen LogP contribution in [0, 0.1) is 46.3 Å². The minimum absolute atomic E-state index is 0.0164. The molecule has 6 heteroatoms. The highest BCUT2D eigenvalue weighted by atomic mass is 16.6. The zero-order valence-electron chi connectivity index (χ0n) is 22.3. The molecule has 1 amide bonds. The highest BCUT2D eigenvalue weighted by Crippen LogP contribution is 2.67. The molecule has 0 saturated heterocycles. The largest absolute Gasteiger partial charge is 0.460 e. The molecular formula is C28H49NO5. The molecule has 34 heavy (non-hydrogen) atoms. The molecule has 0 unspecified atom stereocenters. The third kappa shape index (κ3) is 5.33. The third-order valence-corrected chi connectivity index (χ3v) is 10.2. The predicted molar refractivity (Wildman–Crippen MR) is 133 cm³/mol. The van der Waals surface area contributed by atoms with Gasteiger partial charge in [-0.2, -0.15) is 0 Å². The minimum Gasteiger partial charge on any atom is -0.460 e. The molecule has 0 aromatic heterocycles. The van der Waals surface area contributed by atoms with Crippen molar-refractivity contribution in [1.82, 2.24) is 0 Å². The van der Waals surface area contributed by atoms with Crippen LogP contribution in [0.15, 0.2) is 0 Å². The maximum atomic E-state index is 12.3. The number of nitrogens with two attached hydrogens (primary N) is 1. The van der Waals surface area contributed by atoms with Gasteiger partial charge in [0.1, 0.15) is 5.60 Å². The molecule has 4 N–H and O–H groups in total. The smallest absolute Gasteiger partial charge is 0.306 e.